The monoisotopic (exact) mass is 513 g/mol. The number of nitrogens with zero attached hydrogens (tertiary/aromatic N) is 6. The normalized spacial score (nSPS) is 18.2. The van der Waals surface area contributed by atoms with Crippen molar-refractivity contribution in [3.8, 4) is 11.5 Å². The summed E-state index contributed by atoms with van der Waals surface area (Å²) in [5.41, 5.74) is 1.53. The number of Topliss-reactive ketones (excluding diaryl/α,β-unsaturated/α-hetero) is 1. The summed E-state index contributed by atoms with van der Waals surface area (Å²) in [5, 5.41) is 8.45. The van der Waals surface area contributed by atoms with Crippen LogP contribution in [0.2, 0.25) is 0 Å². The van der Waals surface area contributed by atoms with Gasteiger partial charge in [0.05, 0.1) is 22.9 Å². The Morgan fingerprint density at radius 3 is 2.79 bits per heavy atom. The maximum absolute atomic E-state index is 14.4. The SMILES string of the molecule is CC(=O)CC1CCN(c2nc(-c3nn(Cc4ccccc4F)c4ncccc34)nc3c2C(C)(C)C(=O)N3)C1. The van der Waals surface area contributed by atoms with Crippen LogP contribution >= 0.6 is 0 Å². The maximum Gasteiger partial charge on any atom is 0.235 e. The quantitative estimate of drug-likeness (QED) is 0.414. The highest BCUT2D eigenvalue weighted by molar-refractivity contribution is 6.06. The molecule has 3 aromatic heterocycles. The van der Waals surface area contributed by atoms with E-state index in [-0.39, 0.29) is 30.0 Å². The molecule has 38 heavy (non-hydrogen) atoms. The third-order valence-corrected chi connectivity index (χ3v) is 7.47. The lowest BCUT2D eigenvalue weighted by Crippen LogP contribution is -2.30. The van der Waals surface area contributed by atoms with Gasteiger partial charge in [0.1, 0.15) is 28.9 Å². The number of hydrogen-bond donors (Lipinski definition) is 1. The average Bonchev–Trinajstić information content (AvgIpc) is 3.55. The molecule has 1 amide bonds. The minimum atomic E-state index is -0.810. The Hall–Kier alpha value is -4.21. The first kappa shape index (κ1) is 24.1. The molecule has 0 bridgehead atoms. The molecular weight excluding hydrogens is 485 g/mol. The van der Waals surface area contributed by atoms with Crippen molar-refractivity contribution < 1.29 is 14.0 Å². The highest BCUT2D eigenvalue weighted by atomic mass is 19.1. The molecule has 4 aromatic rings. The Balaban J connectivity index is 1.48. The molecule has 0 saturated carbocycles. The van der Waals surface area contributed by atoms with Gasteiger partial charge < -0.3 is 15.0 Å². The molecule has 9 nitrogen and oxygen atoms in total. The van der Waals surface area contributed by atoms with Gasteiger partial charge in [0, 0.05) is 31.3 Å². The van der Waals surface area contributed by atoms with Crippen LogP contribution in [0.4, 0.5) is 16.0 Å². The van der Waals surface area contributed by atoms with E-state index in [9.17, 15) is 14.0 Å². The Bertz CT molecular complexity index is 1600. The predicted molar refractivity (Wildman–Crippen MR) is 141 cm³/mol. The van der Waals surface area contributed by atoms with E-state index in [1.807, 2.05) is 26.0 Å². The number of amides is 1. The van der Waals surface area contributed by atoms with Crippen molar-refractivity contribution in [2.75, 3.05) is 23.3 Å². The summed E-state index contributed by atoms with van der Waals surface area (Å²) in [6.45, 7) is 6.96. The van der Waals surface area contributed by atoms with Gasteiger partial charge in [-0.3, -0.25) is 4.79 Å². The van der Waals surface area contributed by atoms with E-state index in [1.165, 1.54) is 6.07 Å². The zero-order chi connectivity index (χ0) is 26.6. The molecule has 1 unspecified atom stereocenters. The van der Waals surface area contributed by atoms with Crippen molar-refractivity contribution in [2.24, 2.45) is 5.92 Å². The zero-order valence-electron chi connectivity index (χ0n) is 21.5. The molecule has 2 aliphatic heterocycles. The van der Waals surface area contributed by atoms with Crippen LogP contribution in [0.1, 0.15) is 44.7 Å². The minimum Gasteiger partial charge on any atom is -0.356 e. The van der Waals surface area contributed by atoms with Gasteiger partial charge in [0.15, 0.2) is 11.5 Å². The van der Waals surface area contributed by atoms with Gasteiger partial charge in [0.25, 0.3) is 0 Å². The first-order valence-electron chi connectivity index (χ1n) is 12.8. The average molecular weight is 514 g/mol. The fourth-order valence-electron chi connectivity index (χ4n) is 5.50. The van der Waals surface area contributed by atoms with Crippen molar-refractivity contribution in [3.63, 3.8) is 0 Å². The first-order valence-corrected chi connectivity index (χ1v) is 12.8. The van der Waals surface area contributed by atoms with E-state index in [2.05, 4.69) is 15.2 Å². The Kier molecular flexibility index (Phi) is 5.70. The smallest absolute Gasteiger partial charge is 0.235 e. The molecule has 2 aliphatic rings. The fourth-order valence-corrected chi connectivity index (χ4v) is 5.50. The fraction of sp³-hybridized carbons (Fsp3) is 0.357. The molecule has 0 aliphatic carbocycles. The van der Waals surface area contributed by atoms with E-state index in [0.29, 0.717) is 47.3 Å². The van der Waals surface area contributed by atoms with E-state index in [1.54, 1.807) is 36.0 Å². The Morgan fingerprint density at radius 1 is 1.18 bits per heavy atom. The summed E-state index contributed by atoms with van der Waals surface area (Å²) in [6.07, 6.45) is 3.07. The number of rotatable bonds is 6. The third-order valence-electron chi connectivity index (χ3n) is 7.47. The number of hydrogen-bond acceptors (Lipinski definition) is 7. The van der Waals surface area contributed by atoms with Gasteiger partial charge >= 0.3 is 0 Å². The molecule has 10 heteroatoms. The summed E-state index contributed by atoms with van der Waals surface area (Å²) in [4.78, 5) is 41.1. The molecule has 5 heterocycles. The van der Waals surface area contributed by atoms with Gasteiger partial charge in [-0.2, -0.15) is 5.10 Å². The van der Waals surface area contributed by atoms with Crippen LogP contribution in [-0.2, 0) is 21.5 Å². The molecule has 1 atom stereocenters. The van der Waals surface area contributed by atoms with Crippen LogP contribution in [-0.4, -0.2) is 49.5 Å². The number of carbonyl (C=O) groups excluding carboxylic acids is 2. The van der Waals surface area contributed by atoms with Crippen LogP contribution in [0.15, 0.2) is 42.6 Å². The summed E-state index contributed by atoms with van der Waals surface area (Å²) < 4.78 is 16.1. The predicted octanol–water partition coefficient (Wildman–Crippen LogP) is 4.11. The minimum absolute atomic E-state index is 0.142. The lowest BCUT2D eigenvalue weighted by Gasteiger charge is -2.25. The number of aromatic nitrogens is 5. The highest BCUT2D eigenvalue weighted by Crippen LogP contribution is 2.44. The van der Waals surface area contributed by atoms with E-state index < -0.39 is 5.41 Å². The summed E-state index contributed by atoms with van der Waals surface area (Å²) in [6, 6.07) is 10.3. The number of nitrogens with one attached hydrogen (secondary N) is 1. The molecular formula is C28H28FN7O2. The Morgan fingerprint density at radius 2 is 2.00 bits per heavy atom. The summed E-state index contributed by atoms with van der Waals surface area (Å²) >= 11 is 0. The molecule has 6 rings (SSSR count). The topological polar surface area (TPSA) is 106 Å². The second-order valence-electron chi connectivity index (χ2n) is 10.7. The lowest BCUT2D eigenvalue weighted by atomic mass is 9.87. The molecule has 0 spiro atoms. The van der Waals surface area contributed by atoms with E-state index in [0.717, 1.165) is 23.9 Å². The number of halogens is 1. The van der Waals surface area contributed by atoms with Crippen LogP contribution in [0.5, 0.6) is 0 Å². The molecule has 0 radical (unpaired) electrons. The van der Waals surface area contributed by atoms with E-state index in [4.69, 9.17) is 15.1 Å². The number of ketones is 1. The van der Waals surface area contributed by atoms with Crippen molar-refractivity contribution >= 4 is 34.4 Å². The van der Waals surface area contributed by atoms with Crippen molar-refractivity contribution in [2.45, 2.75) is 45.6 Å². The number of benzene rings is 1. The number of carbonyl (C=O) groups is 2. The number of fused-ring (bicyclic) bond motifs is 2. The standard InChI is InChI=1S/C28H28FN7O2/c1-16(37)13-17-10-12-35(14-17)26-21-23(33-27(38)28(21,2)3)31-24(32-26)22-19-8-6-11-30-25(19)36(34-22)15-18-7-4-5-9-20(18)29/h4-9,11,17H,10,12-15H2,1-3H3,(H,31,32,33,38). The van der Waals surface area contributed by atoms with Gasteiger partial charge in [0.2, 0.25) is 5.91 Å². The lowest BCUT2D eigenvalue weighted by molar-refractivity contribution is -0.120. The first-order chi connectivity index (χ1) is 18.2. The van der Waals surface area contributed by atoms with Crippen LogP contribution < -0.4 is 10.2 Å². The summed E-state index contributed by atoms with van der Waals surface area (Å²) in [7, 11) is 0. The van der Waals surface area contributed by atoms with Crippen molar-refractivity contribution in [1.82, 2.24) is 24.7 Å². The number of pyridine rings is 1. The zero-order valence-corrected chi connectivity index (χ0v) is 21.5. The largest absolute Gasteiger partial charge is 0.356 e. The van der Waals surface area contributed by atoms with Gasteiger partial charge in [-0.15, -0.1) is 0 Å². The highest BCUT2D eigenvalue weighted by Gasteiger charge is 2.44. The van der Waals surface area contributed by atoms with Crippen molar-refractivity contribution in [1.29, 1.82) is 0 Å². The number of anilines is 2. The third kappa shape index (κ3) is 4.00. The molecule has 1 N–H and O–H groups in total. The van der Waals surface area contributed by atoms with Crippen LogP contribution in [0, 0.1) is 11.7 Å². The Labute approximate surface area is 219 Å². The second kappa shape index (κ2) is 8.97. The second-order valence-corrected chi connectivity index (χ2v) is 10.7. The molecule has 194 valence electrons. The van der Waals surface area contributed by atoms with Gasteiger partial charge in [-0.1, -0.05) is 18.2 Å². The summed E-state index contributed by atoms with van der Waals surface area (Å²) in [5.74, 6) is 1.45. The van der Waals surface area contributed by atoms with Crippen LogP contribution in [0.3, 0.4) is 0 Å². The molecule has 1 aromatic carbocycles. The van der Waals surface area contributed by atoms with Crippen molar-refractivity contribution in [3.05, 3.63) is 59.5 Å². The molecule has 1 saturated heterocycles. The maximum atomic E-state index is 14.4. The van der Waals surface area contributed by atoms with E-state index >= 15 is 0 Å². The van der Waals surface area contributed by atoms with Gasteiger partial charge in [-0.25, -0.2) is 24.0 Å². The van der Waals surface area contributed by atoms with Gasteiger partial charge in [-0.05, 0) is 51.3 Å². The molecule has 1 fully saturated rings. The van der Waals surface area contributed by atoms with Crippen LogP contribution in [0.25, 0.3) is 22.6 Å².